The first-order chi connectivity index (χ1) is 7.15. The third-order valence-electron chi connectivity index (χ3n) is 1.97. The number of unbranched alkanes of at least 4 members (excludes halogenated alkanes) is 1. The van der Waals surface area contributed by atoms with Gasteiger partial charge in [-0.1, -0.05) is 13.3 Å². The Labute approximate surface area is 88.7 Å². The van der Waals surface area contributed by atoms with Crippen LogP contribution in [-0.4, -0.2) is 17.7 Å². The molecule has 1 aromatic rings. The van der Waals surface area contributed by atoms with Gasteiger partial charge in [-0.2, -0.15) is 0 Å². The molecule has 82 valence electrons. The number of ether oxygens (including phenoxy) is 1. The smallest absolute Gasteiger partial charge is 0.341 e. The molecule has 0 heterocycles. The second-order valence-electron chi connectivity index (χ2n) is 3.27. The number of carbonyl (C=O) groups is 1. The molecular formula is C11H15NO3. The van der Waals surface area contributed by atoms with Gasteiger partial charge in [-0.05, 0) is 24.6 Å². The summed E-state index contributed by atoms with van der Waals surface area (Å²) in [6, 6.07) is 4.31. The molecule has 15 heavy (non-hydrogen) atoms. The van der Waals surface area contributed by atoms with Gasteiger partial charge in [0.2, 0.25) is 0 Å². The highest BCUT2D eigenvalue weighted by Crippen LogP contribution is 2.20. The van der Waals surface area contributed by atoms with Crippen molar-refractivity contribution in [1.29, 1.82) is 0 Å². The van der Waals surface area contributed by atoms with Crippen molar-refractivity contribution in [2.75, 3.05) is 12.3 Å². The molecule has 0 unspecified atom stereocenters. The van der Waals surface area contributed by atoms with Crippen LogP contribution in [0.4, 0.5) is 5.69 Å². The predicted octanol–water partition coefficient (Wildman–Crippen LogP) is 1.93. The molecule has 1 aromatic carbocycles. The maximum Gasteiger partial charge on any atom is 0.341 e. The predicted molar refractivity (Wildman–Crippen MR) is 57.7 cm³/mol. The first-order valence-corrected chi connectivity index (χ1v) is 4.90. The summed E-state index contributed by atoms with van der Waals surface area (Å²) in [5.74, 6) is -0.640. The number of carbonyl (C=O) groups excluding carboxylic acids is 1. The molecule has 0 saturated carbocycles. The fourth-order valence-electron chi connectivity index (χ4n) is 1.10. The summed E-state index contributed by atoms with van der Waals surface area (Å²) < 4.78 is 4.95. The standard InChI is InChI=1S/C11H15NO3/c1-2-3-6-15-11(14)9-7-8(12)4-5-10(9)13/h4-5,7,13H,2-3,6,12H2,1H3. The van der Waals surface area contributed by atoms with Gasteiger partial charge in [-0.15, -0.1) is 0 Å². The maximum atomic E-state index is 11.5. The summed E-state index contributed by atoms with van der Waals surface area (Å²) in [5.41, 5.74) is 6.04. The Morgan fingerprint density at radius 3 is 2.93 bits per heavy atom. The second kappa shape index (κ2) is 5.24. The zero-order valence-electron chi connectivity index (χ0n) is 8.69. The lowest BCUT2D eigenvalue weighted by atomic mass is 10.2. The van der Waals surface area contributed by atoms with Gasteiger partial charge in [-0.25, -0.2) is 4.79 Å². The lowest BCUT2D eigenvalue weighted by molar-refractivity contribution is 0.0496. The third kappa shape index (κ3) is 3.16. The van der Waals surface area contributed by atoms with E-state index in [1.165, 1.54) is 18.2 Å². The molecular weight excluding hydrogens is 194 g/mol. The van der Waals surface area contributed by atoms with Crippen LogP contribution in [-0.2, 0) is 4.74 Å². The summed E-state index contributed by atoms with van der Waals surface area (Å²) in [6.07, 6.45) is 1.77. The number of rotatable bonds is 4. The van der Waals surface area contributed by atoms with Crippen molar-refractivity contribution in [2.45, 2.75) is 19.8 Å². The van der Waals surface area contributed by atoms with Crippen LogP contribution >= 0.6 is 0 Å². The monoisotopic (exact) mass is 209 g/mol. The first kappa shape index (κ1) is 11.4. The lowest BCUT2D eigenvalue weighted by Crippen LogP contribution is -2.07. The van der Waals surface area contributed by atoms with Gasteiger partial charge in [0.05, 0.1) is 6.61 Å². The van der Waals surface area contributed by atoms with Gasteiger partial charge in [0.15, 0.2) is 0 Å². The van der Waals surface area contributed by atoms with Crippen LogP contribution in [0.1, 0.15) is 30.1 Å². The van der Waals surface area contributed by atoms with Crippen molar-refractivity contribution in [1.82, 2.24) is 0 Å². The minimum absolute atomic E-state index is 0.106. The first-order valence-electron chi connectivity index (χ1n) is 4.90. The minimum Gasteiger partial charge on any atom is -0.507 e. The molecule has 3 N–H and O–H groups in total. The van der Waals surface area contributed by atoms with Gasteiger partial charge < -0.3 is 15.6 Å². The highest BCUT2D eigenvalue weighted by molar-refractivity contribution is 5.93. The molecule has 1 rings (SSSR count). The van der Waals surface area contributed by atoms with Crippen molar-refractivity contribution >= 4 is 11.7 Å². The number of nitrogen functional groups attached to an aromatic ring is 1. The summed E-state index contributed by atoms with van der Waals surface area (Å²) in [4.78, 5) is 11.5. The van der Waals surface area contributed by atoms with Crippen LogP contribution in [0.3, 0.4) is 0 Å². The normalized spacial score (nSPS) is 9.93. The molecule has 0 aromatic heterocycles. The number of aromatic hydroxyl groups is 1. The SMILES string of the molecule is CCCCOC(=O)c1cc(N)ccc1O. The number of hydrogen-bond acceptors (Lipinski definition) is 4. The van der Waals surface area contributed by atoms with E-state index in [1.807, 2.05) is 6.92 Å². The van der Waals surface area contributed by atoms with Crippen molar-refractivity contribution < 1.29 is 14.6 Å². The number of phenolic OH excluding ortho intramolecular Hbond substituents is 1. The minimum atomic E-state index is -0.534. The average Bonchev–Trinajstić information content (AvgIpc) is 2.22. The Kier molecular flexibility index (Phi) is 3.97. The van der Waals surface area contributed by atoms with Crippen molar-refractivity contribution in [2.24, 2.45) is 0 Å². The molecule has 0 spiro atoms. The molecule has 0 fully saturated rings. The van der Waals surface area contributed by atoms with Crippen LogP contribution in [0, 0.1) is 0 Å². The zero-order valence-corrected chi connectivity index (χ0v) is 8.69. The molecule has 4 heteroatoms. The molecule has 0 saturated heterocycles. The van der Waals surface area contributed by atoms with Gasteiger partial charge >= 0.3 is 5.97 Å². The highest BCUT2D eigenvalue weighted by atomic mass is 16.5. The van der Waals surface area contributed by atoms with Crippen LogP contribution in [0.15, 0.2) is 18.2 Å². The molecule has 0 aliphatic carbocycles. The van der Waals surface area contributed by atoms with Crippen molar-refractivity contribution in [3.8, 4) is 5.75 Å². The van der Waals surface area contributed by atoms with Crippen LogP contribution in [0.25, 0.3) is 0 Å². The summed E-state index contributed by atoms with van der Waals surface area (Å²) in [7, 11) is 0. The number of benzene rings is 1. The van der Waals surface area contributed by atoms with E-state index in [0.29, 0.717) is 12.3 Å². The Hall–Kier alpha value is -1.71. The van der Waals surface area contributed by atoms with Crippen molar-refractivity contribution in [3.05, 3.63) is 23.8 Å². The fraction of sp³-hybridized carbons (Fsp3) is 0.364. The van der Waals surface area contributed by atoms with Gasteiger partial charge in [0, 0.05) is 5.69 Å². The third-order valence-corrected chi connectivity index (χ3v) is 1.97. The van der Waals surface area contributed by atoms with E-state index in [0.717, 1.165) is 12.8 Å². The molecule has 0 aliphatic heterocycles. The van der Waals surface area contributed by atoms with Crippen LogP contribution in [0.5, 0.6) is 5.75 Å². The van der Waals surface area contributed by atoms with Crippen molar-refractivity contribution in [3.63, 3.8) is 0 Å². The molecule has 4 nitrogen and oxygen atoms in total. The van der Waals surface area contributed by atoms with E-state index in [2.05, 4.69) is 0 Å². The average molecular weight is 209 g/mol. The van der Waals surface area contributed by atoms with Gasteiger partial charge in [-0.3, -0.25) is 0 Å². The zero-order chi connectivity index (χ0) is 11.3. The summed E-state index contributed by atoms with van der Waals surface area (Å²) >= 11 is 0. The molecule has 0 bridgehead atoms. The lowest BCUT2D eigenvalue weighted by Gasteiger charge is -2.06. The van der Waals surface area contributed by atoms with Gasteiger partial charge in [0.1, 0.15) is 11.3 Å². The van der Waals surface area contributed by atoms with Crippen LogP contribution < -0.4 is 5.73 Å². The number of phenols is 1. The highest BCUT2D eigenvalue weighted by Gasteiger charge is 2.12. The molecule has 0 radical (unpaired) electrons. The van der Waals surface area contributed by atoms with E-state index in [1.54, 1.807) is 0 Å². The molecule has 0 atom stereocenters. The number of nitrogens with two attached hydrogens (primary N) is 1. The van der Waals surface area contributed by atoms with E-state index >= 15 is 0 Å². The van der Waals surface area contributed by atoms with Gasteiger partial charge in [0.25, 0.3) is 0 Å². The largest absolute Gasteiger partial charge is 0.507 e. The van der Waals surface area contributed by atoms with E-state index < -0.39 is 5.97 Å². The Morgan fingerprint density at radius 2 is 2.27 bits per heavy atom. The summed E-state index contributed by atoms with van der Waals surface area (Å²) in [6.45, 7) is 2.37. The Balaban J connectivity index is 2.68. The fourth-order valence-corrected chi connectivity index (χ4v) is 1.10. The van der Waals surface area contributed by atoms with E-state index in [4.69, 9.17) is 10.5 Å². The Bertz CT molecular complexity index is 350. The van der Waals surface area contributed by atoms with E-state index in [9.17, 15) is 9.90 Å². The number of hydrogen-bond donors (Lipinski definition) is 2. The number of anilines is 1. The maximum absolute atomic E-state index is 11.5. The molecule has 0 amide bonds. The topological polar surface area (TPSA) is 72.5 Å². The van der Waals surface area contributed by atoms with E-state index in [-0.39, 0.29) is 11.3 Å². The molecule has 0 aliphatic rings. The quantitative estimate of drug-likeness (QED) is 0.344. The number of esters is 1. The second-order valence-corrected chi connectivity index (χ2v) is 3.27. The summed E-state index contributed by atoms with van der Waals surface area (Å²) in [5, 5.41) is 9.41. The Morgan fingerprint density at radius 1 is 1.53 bits per heavy atom. The van der Waals surface area contributed by atoms with Crippen LogP contribution in [0.2, 0.25) is 0 Å².